The summed E-state index contributed by atoms with van der Waals surface area (Å²) in [4.78, 5) is 13.9. The van der Waals surface area contributed by atoms with E-state index in [1.165, 1.54) is 18.2 Å². The van der Waals surface area contributed by atoms with Crippen LogP contribution in [-0.2, 0) is 0 Å². The van der Waals surface area contributed by atoms with Crippen LogP contribution in [0.3, 0.4) is 0 Å². The van der Waals surface area contributed by atoms with E-state index in [0.717, 1.165) is 6.92 Å². The summed E-state index contributed by atoms with van der Waals surface area (Å²) in [5.41, 5.74) is 0.361. The average Bonchev–Trinajstić information content (AvgIpc) is 2.61. The van der Waals surface area contributed by atoms with E-state index in [2.05, 4.69) is 20.3 Å². The van der Waals surface area contributed by atoms with Crippen LogP contribution >= 0.6 is 0 Å². The predicted molar refractivity (Wildman–Crippen MR) is 94.1 cm³/mol. The molecule has 148 valence electrons. The highest BCUT2D eigenvalue weighted by atomic mass is 19.3. The predicted octanol–water partition coefficient (Wildman–Crippen LogP) is 3.97. The lowest BCUT2D eigenvalue weighted by atomic mass is 10.2. The topological polar surface area (TPSA) is 63.2 Å². The maximum absolute atomic E-state index is 13.5. The third-order valence-electron chi connectivity index (χ3n) is 3.71. The van der Waals surface area contributed by atoms with Gasteiger partial charge in [0.1, 0.15) is 5.82 Å². The van der Waals surface area contributed by atoms with Crippen LogP contribution in [0.5, 0.6) is 6.01 Å². The van der Waals surface area contributed by atoms with Crippen LogP contribution < -0.4 is 15.0 Å². The van der Waals surface area contributed by atoms with Crippen molar-refractivity contribution in [3.8, 4) is 6.01 Å². The summed E-state index contributed by atoms with van der Waals surface area (Å²) in [6, 6.07) is 5.19. The highest BCUT2D eigenvalue weighted by Gasteiger charge is 2.38. The molecule has 0 saturated carbocycles. The fraction of sp³-hybridized carbons (Fsp3) is 0.471. The molecule has 1 N–H and O–H groups in total. The Morgan fingerprint density at radius 2 is 1.89 bits per heavy atom. The van der Waals surface area contributed by atoms with Crippen molar-refractivity contribution in [1.29, 1.82) is 0 Å². The number of nitrogens with zero attached hydrogens (tertiary/aromatic N) is 4. The van der Waals surface area contributed by atoms with Gasteiger partial charge in [-0.25, -0.2) is 8.78 Å². The number of halogens is 4. The maximum atomic E-state index is 13.5. The summed E-state index contributed by atoms with van der Waals surface area (Å²) in [6.45, 7) is 4.37. The molecule has 0 aliphatic rings. The molecule has 1 aromatic heterocycles. The molecule has 0 spiro atoms. The van der Waals surface area contributed by atoms with Gasteiger partial charge in [0, 0.05) is 18.8 Å². The van der Waals surface area contributed by atoms with Crippen molar-refractivity contribution >= 4 is 17.6 Å². The Bertz CT molecular complexity index is 756. The third kappa shape index (κ3) is 5.66. The quantitative estimate of drug-likeness (QED) is 0.657. The number of benzene rings is 1. The van der Waals surface area contributed by atoms with Gasteiger partial charge in [0.05, 0.1) is 0 Å². The van der Waals surface area contributed by atoms with Crippen LogP contribution in [0, 0.1) is 5.82 Å². The molecule has 0 radical (unpaired) electrons. The first-order chi connectivity index (χ1) is 12.7. The second-order valence-corrected chi connectivity index (χ2v) is 5.71. The minimum atomic E-state index is -3.68. The van der Waals surface area contributed by atoms with Gasteiger partial charge in [-0.15, -0.1) is 0 Å². The second-order valence-electron chi connectivity index (χ2n) is 5.71. The molecule has 0 fully saturated rings. The van der Waals surface area contributed by atoms with Gasteiger partial charge in [-0.2, -0.15) is 23.7 Å². The zero-order valence-corrected chi connectivity index (χ0v) is 15.2. The van der Waals surface area contributed by atoms with E-state index in [1.54, 1.807) is 11.0 Å². The van der Waals surface area contributed by atoms with Crippen LogP contribution in [0.15, 0.2) is 24.3 Å². The van der Waals surface area contributed by atoms with Gasteiger partial charge < -0.3 is 15.0 Å². The Morgan fingerprint density at radius 3 is 2.48 bits per heavy atom. The van der Waals surface area contributed by atoms with Crippen molar-refractivity contribution in [1.82, 2.24) is 15.0 Å². The Balaban J connectivity index is 2.30. The van der Waals surface area contributed by atoms with Crippen LogP contribution in [-0.4, -0.2) is 46.7 Å². The van der Waals surface area contributed by atoms with Crippen LogP contribution in [0.25, 0.3) is 0 Å². The number of alkyl halides is 3. The molecule has 0 saturated heterocycles. The van der Waals surface area contributed by atoms with Crippen molar-refractivity contribution in [3.05, 3.63) is 30.1 Å². The Hall–Kier alpha value is -2.65. The Morgan fingerprint density at radius 1 is 1.19 bits per heavy atom. The maximum Gasteiger partial charge on any atom is 0.323 e. The van der Waals surface area contributed by atoms with E-state index in [4.69, 9.17) is 4.74 Å². The smallest absolute Gasteiger partial charge is 0.323 e. The number of nitrogens with one attached hydrogen (secondary N) is 1. The van der Waals surface area contributed by atoms with Gasteiger partial charge in [-0.05, 0) is 39.0 Å². The summed E-state index contributed by atoms with van der Waals surface area (Å²) >= 11 is 0. The molecule has 1 atom stereocenters. The molecule has 10 heteroatoms. The zero-order valence-electron chi connectivity index (χ0n) is 15.2. The molecule has 6 nitrogen and oxygen atoms in total. The molecular weight excluding hydrogens is 366 g/mol. The van der Waals surface area contributed by atoms with Crippen molar-refractivity contribution in [3.63, 3.8) is 0 Å². The van der Waals surface area contributed by atoms with Crippen molar-refractivity contribution < 1.29 is 22.3 Å². The molecule has 2 rings (SSSR count). The molecule has 1 aromatic carbocycles. The van der Waals surface area contributed by atoms with Gasteiger partial charge >= 0.3 is 11.9 Å². The number of hydrogen-bond acceptors (Lipinski definition) is 6. The molecule has 27 heavy (non-hydrogen) atoms. The van der Waals surface area contributed by atoms with Gasteiger partial charge in [-0.1, -0.05) is 6.07 Å². The molecule has 0 amide bonds. The summed E-state index contributed by atoms with van der Waals surface area (Å²) < 4.78 is 58.2. The Kier molecular flexibility index (Phi) is 6.75. The van der Waals surface area contributed by atoms with E-state index in [-0.39, 0.29) is 17.9 Å². The largest absolute Gasteiger partial charge is 0.457 e. The standard InChI is InChI=1S/C17H21F4N5O/c1-4-26(5-2)15-23-14(22-13-8-6-7-12(19)9-13)24-16(25-15)27-10-17(20,21)11(3)18/h6-9,11H,4-5,10H2,1-3H3,(H,22,23,24,25). The van der Waals surface area contributed by atoms with E-state index >= 15 is 0 Å². The summed E-state index contributed by atoms with van der Waals surface area (Å²) in [6.07, 6.45) is -2.38. The number of rotatable bonds is 9. The van der Waals surface area contributed by atoms with Crippen LogP contribution in [0.1, 0.15) is 20.8 Å². The highest BCUT2D eigenvalue weighted by molar-refractivity contribution is 5.54. The lowest BCUT2D eigenvalue weighted by Crippen LogP contribution is -2.35. The van der Waals surface area contributed by atoms with E-state index < -0.39 is 24.5 Å². The lowest BCUT2D eigenvalue weighted by Gasteiger charge is -2.21. The summed E-state index contributed by atoms with van der Waals surface area (Å²) in [7, 11) is 0. The number of ether oxygens (including phenoxy) is 1. The van der Waals surface area contributed by atoms with E-state index in [9.17, 15) is 17.6 Å². The Labute approximate surface area is 154 Å². The SMILES string of the molecule is CCN(CC)c1nc(Nc2cccc(F)c2)nc(OCC(F)(F)C(C)F)n1. The minimum absolute atomic E-state index is 0.0101. The van der Waals surface area contributed by atoms with Gasteiger partial charge in [-0.3, -0.25) is 0 Å². The molecular formula is C17H21F4N5O. The van der Waals surface area contributed by atoms with Gasteiger partial charge in [0.2, 0.25) is 11.9 Å². The number of aromatic nitrogens is 3. The minimum Gasteiger partial charge on any atom is -0.457 e. The molecule has 0 aliphatic heterocycles. The average molecular weight is 387 g/mol. The monoisotopic (exact) mass is 387 g/mol. The van der Waals surface area contributed by atoms with E-state index in [1.807, 2.05) is 13.8 Å². The second kappa shape index (κ2) is 8.83. The fourth-order valence-corrected chi connectivity index (χ4v) is 2.09. The fourth-order valence-electron chi connectivity index (χ4n) is 2.09. The van der Waals surface area contributed by atoms with Crippen LogP contribution in [0.2, 0.25) is 0 Å². The molecule has 1 heterocycles. The first-order valence-electron chi connectivity index (χ1n) is 8.43. The summed E-state index contributed by atoms with van der Waals surface area (Å²) in [5.74, 6) is -3.96. The zero-order chi connectivity index (χ0) is 20.0. The molecule has 0 aliphatic carbocycles. The first-order valence-corrected chi connectivity index (χ1v) is 8.43. The van der Waals surface area contributed by atoms with Crippen LogP contribution in [0.4, 0.5) is 35.1 Å². The lowest BCUT2D eigenvalue weighted by molar-refractivity contribution is -0.0957. The normalized spacial score (nSPS) is 12.6. The highest BCUT2D eigenvalue weighted by Crippen LogP contribution is 2.24. The molecule has 2 aromatic rings. The van der Waals surface area contributed by atoms with Crippen molar-refractivity contribution in [2.24, 2.45) is 0 Å². The number of hydrogen-bond donors (Lipinski definition) is 1. The third-order valence-corrected chi connectivity index (χ3v) is 3.71. The van der Waals surface area contributed by atoms with Crippen molar-refractivity contribution in [2.75, 3.05) is 29.9 Å². The van der Waals surface area contributed by atoms with Gasteiger partial charge in [0.15, 0.2) is 12.8 Å². The molecule has 0 bridgehead atoms. The van der Waals surface area contributed by atoms with E-state index in [0.29, 0.717) is 18.8 Å². The first kappa shape index (κ1) is 20.7. The number of anilines is 3. The summed E-state index contributed by atoms with van der Waals surface area (Å²) in [5, 5.41) is 2.78. The van der Waals surface area contributed by atoms with Gasteiger partial charge in [0.25, 0.3) is 0 Å². The van der Waals surface area contributed by atoms with Crippen molar-refractivity contribution in [2.45, 2.75) is 32.9 Å². The molecule has 1 unspecified atom stereocenters.